The molecule has 0 saturated carbocycles. The number of nitrogens with two attached hydrogens (primary N) is 1. The van der Waals surface area contributed by atoms with Gasteiger partial charge in [0.25, 0.3) is 0 Å². The van der Waals surface area contributed by atoms with Gasteiger partial charge < -0.3 is 21.7 Å². The van der Waals surface area contributed by atoms with Crippen LogP contribution >= 0.6 is 11.3 Å². The maximum atomic E-state index is 12.1. The van der Waals surface area contributed by atoms with Crippen LogP contribution in [0.4, 0.5) is 4.79 Å². The minimum absolute atomic E-state index is 0.0593. The minimum Gasteiger partial charge on any atom is -0.356 e. The van der Waals surface area contributed by atoms with E-state index in [1.807, 2.05) is 17.5 Å². The second-order valence-electron chi connectivity index (χ2n) is 5.63. The van der Waals surface area contributed by atoms with Crippen LogP contribution in [0.15, 0.2) is 17.5 Å². The first-order chi connectivity index (χ1) is 10.6. The van der Waals surface area contributed by atoms with Crippen LogP contribution in [0.3, 0.4) is 0 Å². The summed E-state index contributed by atoms with van der Waals surface area (Å²) in [6, 6.07) is 2.82. The number of thiophene rings is 1. The van der Waals surface area contributed by atoms with E-state index in [0.717, 1.165) is 24.4 Å². The van der Waals surface area contributed by atoms with Crippen molar-refractivity contribution in [1.29, 1.82) is 0 Å². The van der Waals surface area contributed by atoms with Crippen molar-refractivity contribution in [2.45, 2.75) is 31.7 Å². The average Bonchev–Trinajstić information content (AvgIpc) is 3.01. The van der Waals surface area contributed by atoms with Crippen LogP contribution in [-0.4, -0.2) is 31.6 Å². The molecule has 1 saturated heterocycles. The summed E-state index contributed by atoms with van der Waals surface area (Å²) in [4.78, 5) is 24.1. The Bertz CT molecular complexity index is 472. The number of hydrogen-bond donors (Lipinski definition) is 4. The van der Waals surface area contributed by atoms with Crippen molar-refractivity contribution in [3.63, 3.8) is 0 Å². The van der Waals surface area contributed by atoms with Crippen LogP contribution < -0.4 is 21.7 Å². The van der Waals surface area contributed by atoms with Crippen molar-refractivity contribution >= 4 is 23.3 Å². The van der Waals surface area contributed by atoms with E-state index in [1.54, 1.807) is 0 Å². The molecule has 7 heteroatoms. The van der Waals surface area contributed by atoms with E-state index in [4.69, 9.17) is 5.73 Å². The summed E-state index contributed by atoms with van der Waals surface area (Å²) in [6.07, 6.45) is 3.64. The molecule has 2 unspecified atom stereocenters. The molecule has 0 radical (unpaired) electrons. The molecule has 122 valence electrons. The van der Waals surface area contributed by atoms with Gasteiger partial charge >= 0.3 is 6.03 Å². The first-order valence-corrected chi connectivity index (χ1v) is 8.60. The smallest absolute Gasteiger partial charge is 0.312 e. The largest absolute Gasteiger partial charge is 0.356 e. The van der Waals surface area contributed by atoms with Gasteiger partial charge in [-0.3, -0.25) is 4.79 Å². The van der Waals surface area contributed by atoms with E-state index in [1.165, 1.54) is 24.2 Å². The lowest BCUT2D eigenvalue weighted by Gasteiger charge is -2.23. The van der Waals surface area contributed by atoms with E-state index < -0.39 is 6.03 Å². The quantitative estimate of drug-likeness (QED) is 0.609. The predicted octanol–water partition coefficient (Wildman–Crippen LogP) is 1.35. The summed E-state index contributed by atoms with van der Waals surface area (Å²) >= 11 is 1.50. The van der Waals surface area contributed by atoms with Gasteiger partial charge in [0.2, 0.25) is 5.91 Å². The zero-order valence-corrected chi connectivity index (χ0v) is 13.5. The second kappa shape index (κ2) is 8.75. The number of rotatable bonds is 7. The number of piperidine rings is 1. The molecule has 22 heavy (non-hydrogen) atoms. The lowest BCUT2D eigenvalue weighted by molar-refractivity contribution is -0.121. The maximum Gasteiger partial charge on any atom is 0.312 e. The second-order valence-corrected chi connectivity index (χ2v) is 6.61. The molecular formula is C15H24N4O2S. The van der Waals surface area contributed by atoms with Gasteiger partial charge in [0, 0.05) is 11.4 Å². The topological polar surface area (TPSA) is 96.2 Å². The van der Waals surface area contributed by atoms with Crippen LogP contribution in [0.5, 0.6) is 0 Å². The Balaban J connectivity index is 1.74. The standard InChI is InChI=1S/C15H24N4O2S/c16-15(21)19-12(13-4-2-8-22-13)9-14(20)18-7-5-11-3-1-6-17-10-11/h2,4,8,11-12,17H,1,3,5-7,9-10H2,(H,18,20)(H3,16,19,21). The zero-order chi connectivity index (χ0) is 15.8. The van der Waals surface area contributed by atoms with Crippen molar-refractivity contribution in [1.82, 2.24) is 16.0 Å². The fourth-order valence-corrected chi connectivity index (χ4v) is 3.51. The molecule has 3 amide bonds. The van der Waals surface area contributed by atoms with Crippen LogP contribution in [-0.2, 0) is 4.79 Å². The molecular weight excluding hydrogens is 300 g/mol. The van der Waals surface area contributed by atoms with Gasteiger partial charge in [-0.1, -0.05) is 6.07 Å². The normalized spacial score (nSPS) is 19.4. The number of urea groups is 1. The molecule has 6 nitrogen and oxygen atoms in total. The van der Waals surface area contributed by atoms with E-state index >= 15 is 0 Å². The summed E-state index contributed by atoms with van der Waals surface area (Å²) in [5.41, 5.74) is 5.19. The highest BCUT2D eigenvalue weighted by Gasteiger charge is 2.19. The monoisotopic (exact) mass is 324 g/mol. The van der Waals surface area contributed by atoms with Crippen LogP contribution in [0, 0.1) is 5.92 Å². The van der Waals surface area contributed by atoms with Crippen molar-refractivity contribution in [2.75, 3.05) is 19.6 Å². The maximum absolute atomic E-state index is 12.1. The number of hydrogen-bond acceptors (Lipinski definition) is 4. The number of nitrogens with one attached hydrogen (secondary N) is 3. The fraction of sp³-hybridized carbons (Fsp3) is 0.600. The number of carbonyl (C=O) groups is 2. The van der Waals surface area contributed by atoms with E-state index in [0.29, 0.717) is 12.5 Å². The van der Waals surface area contributed by atoms with Gasteiger partial charge in [0.1, 0.15) is 0 Å². The zero-order valence-electron chi connectivity index (χ0n) is 12.6. The highest BCUT2D eigenvalue weighted by molar-refractivity contribution is 7.10. The molecule has 1 aromatic heterocycles. The van der Waals surface area contributed by atoms with E-state index in [-0.39, 0.29) is 18.4 Å². The Hall–Kier alpha value is -1.60. The molecule has 1 aliphatic heterocycles. The Labute approximate surface area is 134 Å². The lowest BCUT2D eigenvalue weighted by Crippen LogP contribution is -2.37. The van der Waals surface area contributed by atoms with E-state index in [9.17, 15) is 9.59 Å². The molecule has 2 rings (SSSR count). The van der Waals surface area contributed by atoms with Gasteiger partial charge in [-0.2, -0.15) is 0 Å². The van der Waals surface area contributed by atoms with Crippen LogP contribution in [0.25, 0.3) is 0 Å². The third-order valence-corrected chi connectivity index (χ3v) is 4.85. The molecule has 1 aromatic rings. The molecule has 1 aliphatic rings. The minimum atomic E-state index is -0.612. The van der Waals surface area contributed by atoms with Crippen molar-refractivity contribution in [3.05, 3.63) is 22.4 Å². The van der Waals surface area contributed by atoms with E-state index in [2.05, 4.69) is 16.0 Å². The highest BCUT2D eigenvalue weighted by Crippen LogP contribution is 2.22. The fourth-order valence-electron chi connectivity index (χ4n) is 2.73. The summed E-state index contributed by atoms with van der Waals surface area (Å²) in [5, 5.41) is 10.9. The SMILES string of the molecule is NC(=O)NC(CC(=O)NCCC1CCCNC1)c1cccs1. The summed E-state index contributed by atoms with van der Waals surface area (Å²) in [6.45, 7) is 2.82. The Morgan fingerprint density at radius 3 is 3.00 bits per heavy atom. The molecule has 2 atom stereocenters. The molecule has 1 fully saturated rings. The predicted molar refractivity (Wildman–Crippen MR) is 87.6 cm³/mol. The summed E-state index contributed by atoms with van der Waals surface area (Å²) in [5.74, 6) is 0.585. The van der Waals surface area contributed by atoms with Gasteiger partial charge in [-0.05, 0) is 49.7 Å². The van der Waals surface area contributed by atoms with Gasteiger partial charge in [-0.15, -0.1) is 11.3 Å². The Kier molecular flexibility index (Phi) is 6.67. The molecule has 2 heterocycles. The van der Waals surface area contributed by atoms with Crippen molar-refractivity contribution in [2.24, 2.45) is 11.7 Å². The molecule has 0 aliphatic carbocycles. The lowest BCUT2D eigenvalue weighted by atomic mass is 9.96. The number of amides is 3. The van der Waals surface area contributed by atoms with Gasteiger partial charge in [0.05, 0.1) is 12.5 Å². The van der Waals surface area contributed by atoms with Crippen molar-refractivity contribution in [3.8, 4) is 0 Å². The first kappa shape index (κ1) is 16.8. The Morgan fingerprint density at radius 1 is 1.50 bits per heavy atom. The highest BCUT2D eigenvalue weighted by atomic mass is 32.1. The summed E-state index contributed by atoms with van der Waals surface area (Å²) in [7, 11) is 0. The number of carbonyl (C=O) groups excluding carboxylic acids is 2. The van der Waals surface area contributed by atoms with Gasteiger partial charge in [0.15, 0.2) is 0 Å². The molecule has 5 N–H and O–H groups in total. The average molecular weight is 324 g/mol. The summed E-state index contributed by atoms with van der Waals surface area (Å²) < 4.78 is 0. The third-order valence-electron chi connectivity index (χ3n) is 3.87. The molecule has 0 bridgehead atoms. The van der Waals surface area contributed by atoms with Crippen LogP contribution in [0.2, 0.25) is 0 Å². The first-order valence-electron chi connectivity index (χ1n) is 7.72. The molecule has 0 aromatic carbocycles. The van der Waals surface area contributed by atoms with Crippen LogP contribution in [0.1, 0.15) is 36.6 Å². The van der Waals surface area contributed by atoms with Gasteiger partial charge in [-0.25, -0.2) is 4.79 Å². The Morgan fingerprint density at radius 2 is 2.36 bits per heavy atom. The number of primary amides is 1. The van der Waals surface area contributed by atoms with Crippen molar-refractivity contribution < 1.29 is 9.59 Å². The molecule has 0 spiro atoms. The third kappa shape index (κ3) is 5.65.